The third kappa shape index (κ3) is 3.85. The number of allylic oxidation sites excluding steroid dienone is 1. The van der Waals surface area contributed by atoms with Gasteiger partial charge in [-0.1, -0.05) is 0 Å². The van der Waals surface area contributed by atoms with Crippen molar-refractivity contribution in [3.63, 3.8) is 0 Å². The zero-order valence-corrected chi connectivity index (χ0v) is 13.9. The van der Waals surface area contributed by atoms with E-state index >= 15 is 0 Å². The van der Waals surface area contributed by atoms with E-state index in [0.717, 1.165) is 39.0 Å². The molecule has 7 heteroatoms. The van der Waals surface area contributed by atoms with Crippen molar-refractivity contribution in [3.05, 3.63) is 24.0 Å². The number of hydrazine groups is 1. The summed E-state index contributed by atoms with van der Waals surface area (Å²) in [6, 6.07) is 0.179. The number of amides is 1. The molecule has 0 spiro atoms. The summed E-state index contributed by atoms with van der Waals surface area (Å²) in [6.45, 7) is 7.67. The van der Waals surface area contributed by atoms with Crippen molar-refractivity contribution in [2.75, 3.05) is 26.2 Å². The van der Waals surface area contributed by atoms with Gasteiger partial charge in [-0.25, -0.2) is 15.0 Å². The molecule has 0 radical (unpaired) electrons. The summed E-state index contributed by atoms with van der Waals surface area (Å²) >= 11 is 0. The van der Waals surface area contributed by atoms with Crippen molar-refractivity contribution >= 4 is 24.0 Å². The molecular formula is C17H26N6O. The van der Waals surface area contributed by atoms with E-state index in [0.29, 0.717) is 11.4 Å². The van der Waals surface area contributed by atoms with Crippen molar-refractivity contribution < 1.29 is 6.22 Å². The van der Waals surface area contributed by atoms with Gasteiger partial charge >= 0.3 is 0 Å². The molecule has 3 aliphatic heterocycles. The summed E-state index contributed by atoms with van der Waals surface area (Å²) < 4.78 is 0. The monoisotopic (exact) mass is 330 g/mol. The minimum atomic E-state index is -0.187. The van der Waals surface area contributed by atoms with E-state index in [2.05, 4.69) is 32.0 Å². The fourth-order valence-corrected chi connectivity index (χ4v) is 3.32. The second-order valence-electron chi connectivity index (χ2n) is 6.30. The fraction of sp³-hybridized carbons (Fsp3) is 0.529. The smallest absolute Gasteiger partial charge is 0.270 e. The molecule has 0 saturated carbocycles. The lowest BCUT2D eigenvalue weighted by molar-refractivity contribution is -0.116. The molecule has 0 aromatic rings. The first-order valence-corrected chi connectivity index (χ1v) is 8.50. The molecule has 3 heterocycles. The molecule has 3 rings (SSSR count). The van der Waals surface area contributed by atoms with Crippen LogP contribution in [0.15, 0.2) is 34.0 Å². The first-order chi connectivity index (χ1) is 11.7. The maximum Gasteiger partial charge on any atom is 0.270 e. The number of nitrogens with zero attached hydrogens (tertiary/aromatic N) is 4. The number of nitrogens with one attached hydrogen (secondary N) is 2. The van der Waals surface area contributed by atoms with Crippen LogP contribution in [0.25, 0.3) is 0 Å². The molecule has 2 N–H and O–H groups in total. The number of hydrogen-bond donors (Lipinski definition) is 2. The third-order valence-electron chi connectivity index (χ3n) is 4.66. The van der Waals surface area contributed by atoms with Crippen LogP contribution in [0.1, 0.15) is 27.1 Å². The quantitative estimate of drug-likeness (QED) is 0.764. The Hall–Kier alpha value is -2.12. The Bertz CT molecular complexity index is 613. The fourth-order valence-electron chi connectivity index (χ4n) is 3.32. The van der Waals surface area contributed by atoms with E-state index in [1.54, 1.807) is 12.2 Å². The standard InChI is InChI=1S/C17H24N6O.H2/c1-19-12-16-14(18)4-5-15(21-16)17(24)20-13-6-10-23(11-7-13)22-8-2-3-9-22;/h4-5,12-13,18H,1-3,6-11H2,(H,20,24);1H/b16-12+,18-14?;. The largest absolute Gasteiger partial charge is 0.348 e. The maximum absolute atomic E-state index is 12.4. The van der Waals surface area contributed by atoms with E-state index in [1.807, 2.05) is 0 Å². The zero-order valence-electron chi connectivity index (χ0n) is 13.9. The van der Waals surface area contributed by atoms with Crippen LogP contribution in [0.2, 0.25) is 0 Å². The molecular weight excluding hydrogens is 304 g/mol. The highest BCUT2D eigenvalue weighted by Gasteiger charge is 2.27. The predicted molar refractivity (Wildman–Crippen MR) is 97.6 cm³/mol. The highest BCUT2D eigenvalue weighted by Crippen LogP contribution is 2.17. The van der Waals surface area contributed by atoms with Gasteiger partial charge in [-0.3, -0.25) is 15.2 Å². The van der Waals surface area contributed by atoms with Gasteiger partial charge < -0.3 is 5.32 Å². The zero-order chi connectivity index (χ0) is 16.9. The molecule has 2 saturated heterocycles. The molecule has 0 atom stereocenters. The lowest BCUT2D eigenvalue weighted by Gasteiger charge is -2.37. The normalized spacial score (nSPS) is 25.1. The molecule has 0 bridgehead atoms. The molecule has 7 nitrogen and oxygen atoms in total. The number of rotatable bonds is 4. The lowest BCUT2D eigenvalue weighted by Crippen LogP contribution is -2.51. The Balaban J connectivity index is 0.00000225. The first-order valence-electron chi connectivity index (χ1n) is 8.50. The second-order valence-corrected chi connectivity index (χ2v) is 6.30. The van der Waals surface area contributed by atoms with Crippen LogP contribution in [0.5, 0.6) is 0 Å². The van der Waals surface area contributed by atoms with Gasteiger partial charge in [0.05, 0.1) is 11.9 Å². The van der Waals surface area contributed by atoms with Gasteiger partial charge in [0.15, 0.2) is 0 Å². The van der Waals surface area contributed by atoms with Crippen LogP contribution in [0, 0.1) is 5.41 Å². The highest BCUT2D eigenvalue weighted by molar-refractivity contribution is 6.45. The molecule has 1 amide bonds. The van der Waals surface area contributed by atoms with Gasteiger partial charge in [0, 0.05) is 33.6 Å². The van der Waals surface area contributed by atoms with Crippen LogP contribution >= 0.6 is 0 Å². The Morgan fingerprint density at radius 3 is 2.62 bits per heavy atom. The third-order valence-corrected chi connectivity index (χ3v) is 4.66. The van der Waals surface area contributed by atoms with Crippen molar-refractivity contribution in [1.82, 2.24) is 15.3 Å². The average Bonchev–Trinajstić information content (AvgIpc) is 3.12. The number of hydrogen-bond acceptors (Lipinski definition) is 6. The maximum atomic E-state index is 12.4. The van der Waals surface area contributed by atoms with Crippen LogP contribution in [0.3, 0.4) is 0 Å². The lowest BCUT2D eigenvalue weighted by atomic mass is 10.1. The highest BCUT2D eigenvalue weighted by atomic mass is 16.2. The molecule has 2 fully saturated rings. The Kier molecular flexibility index (Phi) is 5.32. The topological polar surface area (TPSA) is 84.2 Å². The molecule has 0 unspecified atom stereocenters. The summed E-state index contributed by atoms with van der Waals surface area (Å²) in [5.74, 6) is -0.187. The first kappa shape index (κ1) is 16.7. The Morgan fingerprint density at radius 2 is 1.96 bits per heavy atom. The van der Waals surface area contributed by atoms with E-state index in [4.69, 9.17) is 5.41 Å². The van der Waals surface area contributed by atoms with Crippen molar-refractivity contribution in [2.24, 2.45) is 9.98 Å². The number of carbonyl (C=O) groups is 1. The SMILES string of the molecule is C=N/C=C1/N=C(C(=O)NC2CCN(N3CCCC3)CC2)C=CC1=N.[HH]. The summed E-state index contributed by atoms with van der Waals surface area (Å²) in [4.78, 5) is 20.2. The minimum Gasteiger partial charge on any atom is -0.348 e. The van der Waals surface area contributed by atoms with Gasteiger partial charge in [0.25, 0.3) is 5.91 Å². The van der Waals surface area contributed by atoms with Crippen molar-refractivity contribution in [2.45, 2.75) is 31.7 Å². The number of carbonyl (C=O) groups excluding carboxylic acids is 1. The molecule has 0 aromatic heterocycles. The average molecular weight is 330 g/mol. The van der Waals surface area contributed by atoms with Gasteiger partial charge in [-0.15, -0.1) is 0 Å². The van der Waals surface area contributed by atoms with Crippen LogP contribution in [0.4, 0.5) is 0 Å². The molecule has 3 aliphatic rings. The van der Waals surface area contributed by atoms with Crippen molar-refractivity contribution in [3.8, 4) is 0 Å². The Labute approximate surface area is 143 Å². The number of dihydropyridines is 1. The molecule has 0 aliphatic carbocycles. The summed E-state index contributed by atoms with van der Waals surface area (Å²) in [7, 11) is 0. The van der Waals surface area contributed by atoms with Crippen LogP contribution < -0.4 is 5.32 Å². The van der Waals surface area contributed by atoms with E-state index in [-0.39, 0.29) is 19.1 Å². The van der Waals surface area contributed by atoms with E-state index in [1.165, 1.54) is 19.0 Å². The predicted octanol–water partition coefficient (Wildman–Crippen LogP) is 1.40. The molecule has 24 heavy (non-hydrogen) atoms. The minimum absolute atomic E-state index is 0. The number of aliphatic imine (C=N–C) groups is 2. The van der Waals surface area contributed by atoms with E-state index < -0.39 is 0 Å². The van der Waals surface area contributed by atoms with Crippen LogP contribution in [-0.2, 0) is 4.79 Å². The van der Waals surface area contributed by atoms with Gasteiger partial charge in [0.2, 0.25) is 0 Å². The van der Waals surface area contributed by atoms with E-state index in [9.17, 15) is 4.79 Å². The Morgan fingerprint density at radius 1 is 1.29 bits per heavy atom. The van der Waals surface area contributed by atoms with Gasteiger partial charge in [-0.2, -0.15) is 0 Å². The van der Waals surface area contributed by atoms with Crippen molar-refractivity contribution in [1.29, 1.82) is 5.41 Å². The summed E-state index contributed by atoms with van der Waals surface area (Å²) in [5.41, 5.74) is 0.919. The molecule has 0 aromatic carbocycles. The van der Waals surface area contributed by atoms with Crippen LogP contribution in [-0.4, -0.2) is 66.3 Å². The van der Waals surface area contributed by atoms with Gasteiger partial charge in [0.1, 0.15) is 11.4 Å². The summed E-state index contributed by atoms with van der Waals surface area (Å²) in [6.07, 6.45) is 9.01. The second kappa shape index (κ2) is 7.63. The molecule has 130 valence electrons. The summed E-state index contributed by atoms with van der Waals surface area (Å²) in [5, 5.41) is 15.7. The van der Waals surface area contributed by atoms with Gasteiger partial charge in [-0.05, 0) is 44.6 Å². The number of piperidine rings is 1.